The highest BCUT2D eigenvalue weighted by Crippen LogP contribution is 2.24. The van der Waals surface area contributed by atoms with Crippen molar-refractivity contribution in [1.82, 2.24) is 10.1 Å². The minimum atomic E-state index is -4.78. The molecule has 2 atom stereocenters. The summed E-state index contributed by atoms with van der Waals surface area (Å²) in [6.45, 7) is 0. The number of hydrogen-bond acceptors (Lipinski definition) is 16. The normalized spacial score (nSPS) is 19.2. The van der Waals surface area contributed by atoms with E-state index in [1.54, 1.807) is 48.5 Å². The number of nitrogens with zero attached hydrogens (tertiary/aromatic N) is 4. The van der Waals surface area contributed by atoms with E-state index < -0.39 is 103 Å². The Morgan fingerprint density at radius 1 is 0.533 bits per heavy atom. The number of carbonyl (C=O) groups excluding carboxylic acids is 10. The van der Waals surface area contributed by atoms with Crippen LogP contribution in [0.15, 0.2) is 72.8 Å². The van der Waals surface area contributed by atoms with Gasteiger partial charge in [0.25, 0.3) is 67.5 Å². The fourth-order valence-corrected chi connectivity index (χ4v) is 7.33. The Kier molecular flexibility index (Phi) is 13.3. The summed E-state index contributed by atoms with van der Waals surface area (Å²) in [6.07, 6.45) is 4.21. The Morgan fingerprint density at radius 3 is 1.10 bits per heavy atom. The van der Waals surface area contributed by atoms with Gasteiger partial charge in [0.15, 0.2) is 10.5 Å². The molecule has 0 bridgehead atoms. The van der Waals surface area contributed by atoms with Crippen LogP contribution in [0.2, 0.25) is 0 Å². The molecule has 6 rings (SSSR count). The maximum atomic E-state index is 11.9. The molecule has 60 heavy (non-hydrogen) atoms. The smallest absolute Gasteiger partial charge is 0.330 e. The van der Waals surface area contributed by atoms with Gasteiger partial charge in [-0.15, -0.1) is 10.1 Å². The van der Waals surface area contributed by atoms with Crippen LogP contribution >= 0.6 is 0 Å². The number of aryl methyl sites for hydroxylation is 2. The lowest BCUT2D eigenvalue weighted by Crippen LogP contribution is -2.36. The van der Waals surface area contributed by atoms with Crippen LogP contribution in [-0.2, 0) is 90.7 Å². The maximum absolute atomic E-state index is 11.9. The number of hydroxylamine groups is 4. The number of carbonyl (C=O) groups is 10. The number of benzene rings is 2. The zero-order valence-corrected chi connectivity index (χ0v) is 32.4. The molecule has 2 unspecified atom stereocenters. The van der Waals surface area contributed by atoms with Crippen molar-refractivity contribution in [2.75, 3.05) is 9.80 Å². The van der Waals surface area contributed by atoms with E-state index in [0.29, 0.717) is 37.1 Å². The van der Waals surface area contributed by atoms with Gasteiger partial charge in [0.2, 0.25) is 0 Å². The van der Waals surface area contributed by atoms with Crippen LogP contribution in [0.5, 0.6) is 0 Å². The lowest BCUT2D eigenvalue weighted by Gasteiger charge is -2.14. The first-order chi connectivity index (χ1) is 28.1. The minimum absolute atomic E-state index is 0.0632. The second-order valence-corrected chi connectivity index (χ2v) is 16.3. The van der Waals surface area contributed by atoms with Crippen LogP contribution in [-0.4, -0.2) is 106 Å². The van der Waals surface area contributed by atoms with Crippen molar-refractivity contribution in [1.29, 1.82) is 0 Å². The quantitative estimate of drug-likeness (QED) is 0.184. The zero-order chi connectivity index (χ0) is 44.1. The topological polar surface area (TPSA) is 311 Å². The minimum Gasteiger partial charge on any atom is -0.330 e. The molecule has 0 radical (unpaired) electrons. The first kappa shape index (κ1) is 44.3. The first-order valence-electron chi connectivity index (χ1n) is 17.5. The molecule has 22 nitrogen and oxygen atoms in total. The third-order valence-corrected chi connectivity index (χ3v) is 11.1. The summed E-state index contributed by atoms with van der Waals surface area (Å²) in [6, 6.07) is 13.1. The standard InChI is InChI=1S/2C18H16N2O9S/c2*21-14-8-9-15(22)19(14)12-6-4-11(5-7-12)2-1-3-17(24)29-20-16(23)10-13(18(20)25)30(26,27)28/h2*4-9,13H,1-3,10H2,(H,26,27,28). The fraction of sp³-hybridized carbons (Fsp3) is 0.278. The molecule has 2 aromatic rings. The molecule has 24 heteroatoms. The van der Waals surface area contributed by atoms with E-state index in [1.807, 2.05) is 0 Å². The molecule has 4 heterocycles. The largest absolute Gasteiger partial charge is 0.333 e. The highest BCUT2D eigenvalue weighted by molar-refractivity contribution is 7.87. The lowest BCUT2D eigenvalue weighted by atomic mass is 10.1. The van der Waals surface area contributed by atoms with Gasteiger partial charge >= 0.3 is 11.9 Å². The van der Waals surface area contributed by atoms with Gasteiger partial charge in [0.1, 0.15) is 0 Å². The molecule has 4 aliphatic rings. The molecule has 316 valence electrons. The Hall–Kier alpha value is -6.76. The molecule has 0 saturated carbocycles. The van der Waals surface area contributed by atoms with E-state index in [-0.39, 0.29) is 23.0 Å². The van der Waals surface area contributed by atoms with E-state index >= 15 is 0 Å². The first-order valence-corrected chi connectivity index (χ1v) is 20.5. The fourth-order valence-electron chi connectivity index (χ4n) is 5.92. The van der Waals surface area contributed by atoms with Gasteiger partial charge in [-0.3, -0.25) is 47.5 Å². The van der Waals surface area contributed by atoms with E-state index in [1.165, 1.54) is 24.3 Å². The van der Waals surface area contributed by atoms with Gasteiger partial charge in [0.05, 0.1) is 24.2 Å². The van der Waals surface area contributed by atoms with Crippen molar-refractivity contribution >= 4 is 90.8 Å². The molecule has 0 aromatic heterocycles. The maximum Gasteiger partial charge on any atom is 0.333 e. The van der Waals surface area contributed by atoms with E-state index in [9.17, 15) is 64.8 Å². The summed E-state index contributed by atoms with van der Waals surface area (Å²) < 4.78 is 62.1. The number of hydrogen-bond donors (Lipinski definition) is 2. The molecular weight excluding hydrogens is 841 g/mol. The summed E-state index contributed by atoms with van der Waals surface area (Å²) in [4.78, 5) is 129. The number of rotatable bonds is 14. The molecule has 0 spiro atoms. The van der Waals surface area contributed by atoms with Gasteiger partial charge in [-0.25, -0.2) is 19.4 Å². The Bertz CT molecular complexity index is 2250. The van der Waals surface area contributed by atoms with Crippen molar-refractivity contribution < 1.29 is 83.6 Å². The third kappa shape index (κ3) is 10.5. The van der Waals surface area contributed by atoms with Gasteiger partial charge in [-0.05, 0) is 61.1 Å². The second kappa shape index (κ2) is 18.0. The van der Waals surface area contributed by atoms with Crippen LogP contribution in [0.25, 0.3) is 0 Å². The van der Waals surface area contributed by atoms with Crippen LogP contribution < -0.4 is 9.80 Å². The van der Waals surface area contributed by atoms with Gasteiger partial charge in [-0.2, -0.15) is 16.8 Å². The van der Waals surface area contributed by atoms with Gasteiger partial charge in [0, 0.05) is 37.1 Å². The number of amides is 8. The highest BCUT2D eigenvalue weighted by atomic mass is 32.2. The Balaban J connectivity index is 0.000000228. The number of imide groups is 4. The predicted molar refractivity (Wildman–Crippen MR) is 198 cm³/mol. The van der Waals surface area contributed by atoms with Crippen LogP contribution in [0.4, 0.5) is 11.4 Å². The molecule has 2 aromatic carbocycles. The Labute approximate surface area is 339 Å². The highest BCUT2D eigenvalue weighted by Gasteiger charge is 2.49. The van der Waals surface area contributed by atoms with Crippen molar-refractivity contribution in [2.45, 2.75) is 61.9 Å². The van der Waals surface area contributed by atoms with Gasteiger partial charge < -0.3 is 9.68 Å². The zero-order valence-electron chi connectivity index (χ0n) is 30.8. The summed E-state index contributed by atoms with van der Waals surface area (Å²) in [7, 11) is -9.55. The van der Waals surface area contributed by atoms with E-state index in [2.05, 4.69) is 9.68 Å². The second-order valence-electron chi connectivity index (χ2n) is 13.1. The molecular formula is C36H32N4O18S2. The molecule has 8 amide bonds. The molecule has 2 fully saturated rings. The van der Waals surface area contributed by atoms with Crippen molar-refractivity contribution in [2.24, 2.45) is 0 Å². The van der Waals surface area contributed by atoms with Crippen LogP contribution in [0, 0.1) is 0 Å². The Morgan fingerprint density at radius 2 is 0.833 bits per heavy atom. The summed E-state index contributed by atoms with van der Waals surface area (Å²) in [5.74, 6) is -8.25. The predicted octanol–water partition coefficient (Wildman–Crippen LogP) is -0.176. The number of anilines is 2. The van der Waals surface area contributed by atoms with Gasteiger partial charge in [-0.1, -0.05) is 24.3 Å². The SMILES string of the molecule is O=C(CCCc1ccc(N2C(=O)C=CC2=O)cc1)ON1C(=O)CC(S(=O)(=O)O)C1=O.O=C(CCCc1ccc(N2C(=O)C=CC2=O)cc1)ON1C(=O)CC(S(=O)(=O)O)C1=O. The monoisotopic (exact) mass is 872 g/mol. The third-order valence-electron chi connectivity index (χ3n) is 8.93. The summed E-state index contributed by atoms with van der Waals surface area (Å²) in [5.41, 5.74) is 2.44. The average Bonchev–Trinajstić information content (AvgIpc) is 3.88. The van der Waals surface area contributed by atoms with Crippen LogP contribution in [0.1, 0.15) is 49.7 Å². The van der Waals surface area contributed by atoms with Crippen molar-refractivity contribution in [3.63, 3.8) is 0 Å². The molecule has 2 N–H and O–H groups in total. The lowest BCUT2D eigenvalue weighted by molar-refractivity contribution is -0.197. The molecule has 0 aliphatic carbocycles. The van der Waals surface area contributed by atoms with Crippen molar-refractivity contribution in [3.8, 4) is 0 Å². The molecule has 2 saturated heterocycles. The average molecular weight is 873 g/mol. The van der Waals surface area contributed by atoms with E-state index in [4.69, 9.17) is 9.11 Å². The van der Waals surface area contributed by atoms with Crippen LogP contribution in [0.3, 0.4) is 0 Å². The molecule has 4 aliphatic heterocycles. The van der Waals surface area contributed by atoms with Crippen molar-refractivity contribution in [3.05, 3.63) is 84.0 Å². The summed E-state index contributed by atoms with van der Waals surface area (Å²) >= 11 is 0. The summed E-state index contributed by atoms with van der Waals surface area (Å²) in [5, 5.41) is -3.82. The van der Waals surface area contributed by atoms with E-state index in [0.717, 1.165) is 20.9 Å².